The van der Waals surface area contributed by atoms with Gasteiger partial charge in [0, 0.05) is 12.2 Å². The van der Waals surface area contributed by atoms with E-state index in [9.17, 15) is 9.90 Å². The lowest BCUT2D eigenvalue weighted by molar-refractivity contribution is 0.00539. The lowest BCUT2D eigenvalue weighted by Crippen LogP contribution is -2.11. The highest BCUT2D eigenvalue weighted by Gasteiger charge is 2.18. The number of carbonyl (C=O) groups excluding carboxylic acids is 1. The number of hydrogen-bond donors (Lipinski definition) is 2. The lowest BCUT2D eigenvalue weighted by atomic mass is 10.0. The van der Waals surface area contributed by atoms with E-state index in [1.54, 1.807) is 48.5 Å². The quantitative estimate of drug-likeness (QED) is 0.655. The summed E-state index contributed by atoms with van der Waals surface area (Å²) in [6.45, 7) is 2.27. The van der Waals surface area contributed by atoms with E-state index in [4.69, 9.17) is 5.11 Å². The summed E-state index contributed by atoms with van der Waals surface area (Å²) in [6.07, 6.45) is -1.08. The van der Waals surface area contributed by atoms with E-state index in [2.05, 4.69) is 4.74 Å². The van der Waals surface area contributed by atoms with E-state index in [0.717, 1.165) is 0 Å². The molecule has 2 aromatic rings. The largest absolute Gasteiger partial charge is 0.380 e. The van der Waals surface area contributed by atoms with Gasteiger partial charge in [-0.3, -0.25) is 4.79 Å². The number of aliphatic hydroxyl groups excluding tert-OH is 2. The molecule has 0 heterocycles. The van der Waals surface area contributed by atoms with Crippen LogP contribution in [0.5, 0.6) is 0 Å². The predicted octanol–water partition coefficient (Wildman–Crippen LogP) is 2.58. The van der Waals surface area contributed by atoms with Crippen LogP contribution >= 0.6 is 0 Å². The van der Waals surface area contributed by atoms with Crippen LogP contribution in [0.3, 0.4) is 0 Å². The van der Waals surface area contributed by atoms with Crippen molar-refractivity contribution < 1.29 is 19.7 Å². The highest BCUT2D eigenvalue weighted by atomic mass is 16.6. The van der Waals surface area contributed by atoms with Gasteiger partial charge in [-0.1, -0.05) is 60.7 Å². The van der Waals surface area contributed by atoms with Crippen molar-refractivity contribution >= 4 is 5.78 Å². The van der Waals surface area contributed by atoms with Crippen LogP contribution in [0.4, 0.5) is 0 Å². The molecule has 0 amide bonds. The van der Waals surface area contributed by atoms with Crippen LogP contribution in [0.15, 0.2) is 60.7 Å². The van der Waals surface area contributed by atoms with Crippen molar-refractivity contribution in [3.63, 3.8) is 0 Å². The Balaban J connectivity index is 0.000000383. The summed E-state index contributed by atoms with van der Waals surface area (Å²) in [7, 11) is 0. The molecule has 1 unspecified atom stereocenters. The Hall–Kier alpha value is -2.01. The first-order valence-electron chi connectivity index (χ1n) is 6.71. The number of aliphatic hydroxyl groups is 2. The number of benzene rings is 2. The van der Waals surface area contributed by atoms with Crippen LogP contribution in [0.25, 0.3) is 0 Å². The molecule has 0 aliphatic heterocycles. The van der Waals surface area contributed by atoms with Crippen LogP contribution in [-0.4, -0.2) is 29.4 Å². The molecule has 0 saturated carbocycles. The number of carbonyl (C=O) groups is 1. The van der Waals surface area contributed by atoms with Crippen LogP contribution in [0.2, 0.25) is 0 Å². The van der Waals surface area contributed by atoms with Gasteiger partial charge in [-0.2, -0.15) is 0 Å². The molecule has 2 N–H and O–H groups in total. The third-order valence-electron chi connectivity index (χ3n) is 2.72. The van der Waals surface area contributed by atoms with Crippen molar-refractivity contribution in [2.75, 3.05) is 13.4 Å². The Bertz CT molecular complexity index is 509. The maximum Gasteiger partial charge on any atom is 0.195 e. The molecule has 0 radical (unpaired) electrons. The molecule has 0 saturated heterocycles. The molecule has 0 fully saturated rings. The Kier molecular flexibility index (Phi) is 7.97. The highest BCUT2D eigenvalue weighted by molar-refractivity contribution is 5.99. The summed E-state index contributed by atoms with van der Waals surface area (Å²) < 4.78 is 4.39. The number of hydrogen-bond acceptors (Lipinski definition) is 4. The number of rotatable bonds is 5. The molecule has 4 nitrogen and oxygen atoms in total. The van der Waals surface area contributed by atoms with Gasteiger partial charge in [-0.25, -0.2) is 0 Å². The topological polar surface area (TPSA) is 66.8 Å². The Morgan fingerprint density at radius 3 is 2.00 bits per heavy atom. The summed E-state index contributed by atoms with van der Waals surface area (Å²) in [5, 5.41) is 17.7. The fourth-order valence-corrected chi connectivity index (χ4v) is 1.64. The van der Waals surface area contributed by atoms with Gasteiger partial charge in [-0.15, -0.1) is 0 Å². The van der Waals surface area contributed by atoms with E-state index in [1.807, 2.05) is 19.1 Å². The summed E-state index contributed by atoms with van der Waals surface area (Å²) in [5.74, 6) is -0.271. The molecule has 112 valence electrons. The molecular formula is C17H20O4. The van der Waals surface area contributed by atoms with E-state index < -0.39 is 6.10 Å². The second-order valence-electron chi connectivity index (χ2n) is 4.17. The maximum atomic E-state index is 11.9. The molecule has 2 aromatic carbocycles. The highest BCUT2D eigenvalue weighted by Crippen LogP contribution is 2.17. The number of ether oxygens (including phenoxy) is 1. The summed E-state index contributed by atoms with van der Waals surface area (Å²) in [4.78, 5) is 11.9. The smallest absolute Gasteiger partial charge is 0.195 e. The fourth-order valence-electron chi connectivity index (χ4n) is 1.64. The van der Waals surface area contributed by atoms with Crippen LogP contribution in [-0.2, 0) is 4.74 Å². The standard InChI is InChI=1S/C14H12O2.C3H8O2/c15-13(11-7-3-1-4-8-11)14(16)12-9-5-2-6-10-12;1-2-5-3-4/h1-10,13,15H;4H,2-3H2,1H3. The molecular weight excluding hydrogens is 268 g/mol. The molecule has 0 spiro atoms. The van der Waals surface area contributed by atoms with Gasteiger partial charge < -0.3 is 14.9 Å². The van der Waals surface area contributed by atoms with E-state index in [1.165, 1.54) is 0 Å². The maximum absolute atomic E-state index is 11.9. The Morgan fingerprint density at radius 1 is 1.05 bits per heavy atom. The molecule has 2 rings (SSSR count). The number of ketones is 1. The zero-order chi connectivity index (χ0) is 15.5. The third-order valence-corrected chi connectivity index (χ3v) is 2.72. The molecule has 1 atom stereocenters. The van der Waals surface area contributed by atoms with Crippen molar-refractivity contribution in [3.8, 4) is 0 Å². The SMILES string of the molecule is CCOCO.O=C(c1ccccc1)C(O)c1ccccc1. The molecule has 0 aromatic heterocycles. The van der Waals surface area contributed by atoms with E-state index in [0.29, 0.717) is 17.7 Å². The minimum atomic E-state index is -1.08. The van der Waals surface area contributed by atoms with E-state index >= 15 is 0 Å². The van der Waals surface area contributed by atoms with Crippen LogP contribution in [0, 0.1) is 0 Å². The van der Waals surface area contributed by atoms with E-state index in [-0.39, 0.29) is 12.6 Å². The van der Waals surface area contributed by atoms with Gasteiger partial charge in [-0.05, 0) is 12.5 Å². The zero-order valence-electron chi connectivity index (χ0n) is 12.0. The zero-order valence-corrected chi connectivity index (χ0v) is 12.0. The van der Waals surface area contributed by atoms with Gasteiger partial charge in [0.1, 0.15) is 12.9 Å². The Morgan fingerprint density at radius 2 is 1.57 bits per heavy atom. The van der Waals surface area contributed by atoms with Gasteiger partial charge in [0.05, 0.1) is 0 Å². The van der Waals surface area contributed by atoms with Crippen molar-refractivity contribution in [1.82, 2.24) is 0 Å². The molecule has 0 bridgehead atoms. The number of Topliss-reactive ketones (excluding diaryl/α,β-unsaturated/α-hetero) is 1. The third kappa shape index (κ3) is 5.87. The average molecular weight is 288 g/mol. The van der Waals surface area contributed by atoms with Crippen molar-refractivity contribution in [1.29, 1.82) is 0 Å². The first kappa shape index (κ1) is 17.0. The van der Waals surface area contributed by atoms with Crippen LogP contribution in [0.1, 0.15) is 28.9 Å². The fraction of sp³-hybridized carbons (Fsp3) is 0.235. The molecule has 4 heteroatoms. The van der Waals surface area contributed by atoms with Gasteiger partial charge in [0.25, 0.3) is 0 Å². The molecule has 0 aliphatic carbocycles. The first-order chi connectivity index (χ1) is 10.2. The second kappa shape index (κ2) is 9.83. The monoisotopic (exact) mass is 288 g/mol. The Labute approximate surface area is 124 Å². The van der Waals surface area contributed by atoms with Crippen LogP contribution < -0.4 is 0 Å². The second-order valence-corrected chi connectivity index (χ2v) is 4.17. The van der Waals surface area contributed by atoms with Crippen molar-refractivity contribution in [2.45, 2.75) is 13.0 Å². The normalized spacial score (nSPS) is 11.2. The van der Waals surface area contributed by atoms with Gasteiger partial charge in [0.2, 0.25) is 0 Å². The molecule has 0 aliphatic rings. The van der Waals surface area contributed by atoms with Crippen molar-refractivity contribution in [3.05, 3.63) is 71.8 Å². The van der Waals surface area contributed by atoms with Gasteiger partial charge in [0.15, 0.2) is 5.78 Å². The molecule has 21 heavy (non-hydrogen) atoms. The minimum absolute atomic E-state index is 0.156. The summed E-state index contributed by atoms with van der Waals surface area (Å²) in [5.41, 5.74) is 1.15. The summed E-state index contributed by atoms with van der Waals surface area (Å²) >= 11 is 0. The minimum Gasteiger partial charge on any atom is -0.380 e. The lowest BCUT2D eigenvalue weighted by Gasteiger charge is -2.09. The first-order valence-corrected chi connectivity index (χ1v) is 6.71. The van der Waals surface area contributed by atoms with Gasteiger partial charge >= 0.3 is 0 Å². The van der Waals surface area contributed by atoms with Crippen molar-refractivity contribution in [2.24, 2.45) is 0 Å². The predicted molar refractivity (Wildman–Crippen MR) is 80.9 cm³/mol. The average Bonchev–Trinajstić information content (AvgIpc) is 2.56. The summed E-state index contributed by atoms with van der Waals surface area (Å²) in [6, 6.07) is 17.7.